The smallest absolute Gasteiger partial charge is 0.262 e. The lowest BCUT2D eigenvalue weighted by Gasteiger charge is -2.10. The van der Waals surface area contributed by atoms with Crippen LogP contribution in [-0.2, 0) is 4.79 Å². The molecule has 1 N–H and O–H groups in total. The highest BCUT2D eigenvalue weighted by Crippen LogP contribution is 2.22. The van der Waals surface area contributed by atoms with Crippen molar-refractivity contribution in [1.82, 2.24) is 4.98 Å². The van der Waals surface area contributed by atoms with E-state index in [1.54, 1.807) is 43.6 Å². The van der Waals surface area contributed by atoms with Gasteiger partial charge >= 0.3 is 0 Å². The maximum Gasteiger partial charge on any atom is 0.262 e. The molecule has 0 aliphatic carbocycles. The van der Waals surface area contributed by atoms with Gasteiger partial charge in [-0.05, 0) is 12.1 Å². The number of hydrogen-bond acceptors (Lipinski definition) is 5. The van der Waals surface area contributed by atoms with Gasteiger partial charge in [-0.2, -0.15) is 0 Å². The minimum Gasteiger partial charge on any atom is -0.497 e. The van der Waals surface area contributed by atoms with Crippen LogP contribution in [0.1, 0.15) is 0 Å². The molecule has 2 rings (SSSR count). The molecule has 1 aromatic heterocycles. The molecule has 0 fully saturated rings. The highest BCUT2D eigenvalue weighted by molar-refractivity contribution is 5.93. The number of benzene rings is 1. The summed E-state index contributed by atoms with van der Waals surface area (Å²) < 4.78 is 15.6. The molecule has 0 unspecified atom stereocenters. The molecule has 0 aliphatic heterocycles. The Hall–Kier alpha value is -2.76. The Bertz CT molecular complexity index is 616. The predicted octanol–water partition coefficient (Wildman–Crippen LogP) is 2.12. The van der Waals surface area contributed by atoms with Gasteiger partial charge in [0.15, 0.2) is 6.61 Å². The molecule has 6 heteroatoms. The van der Waals surface area contributed by atoms with Crippen molar-refractivity contribution in [2.45, 2.75) is 0 Å². The number of methoxy groups -OCH3 is 2. The monoisotopic (exact) mass is 288 g/mol. The zero-order valence-electron chi connectivity index (χ0n) is 11.8. The lowest BCUT2D eigenvalue weighted by atomic mass is 10.3. The van der Waals surface area contributed by atoms with Gasteiger partial charge < -0.3 is 19.5 Å². The van der Waals surface area contributed by atoms with Crippen LogP contribution in [-0.4, -0.2) is 31.7 Å². The van der Waals surface area contributed by atoms with Crippen LogP contribution < -0.4 is 19.5 Å². The van der Waals surface area contributed by atoms with Gasteiger partial charge in [0.1, 0.15) is 22.9 Å². The number of nitrogens with zero attached hydrogens (tertiary/aromatic N) is 1. The fourth-order valence-electron chi connectivity index (χ4n) is 1.68. The molecule has 0 atom stereocenters. The molecule has 0 aliphatic rings. The Morgan fingerprint density at radius 1 is 1.19 bits per heavy atom. The van der Waals surface area contributed by atoms with Gasteiger partial charge in [0.05, 0.1) is 20.4 Å². The first-order chi connectivity index (χ1) is 10.2. The van der Waals surface area contributed by atoms with Crippen LogP contribution in [0.25, 0.3) is 0 Å². The Morgan fingerprint density at radius 2 is 2.00 bits per heavy atom. The number of pyridine rings is 1. The first kappa shape index (κ1) is 14.6. The van der Waals surface area contributed by atoms with E-state index in [0.717, 1.165) is 0 Å². The Labute approximate surface area is 122 Å². The molecule has 21 heavy (non-hydrogen) atoms. The summed E-state index contributed by atoms with van der Waals surface area (Å²) in [7, 11) is 3.10. The van der Waals surface area contributed by atoms with Crippen molar-refractivity contribution >= 4 is 11.6 Å². The van der Waals surface area contributed by atoms with Gasteiger partial charge in [-0.1, -0.05) is 6.07 Å². The first-order valence-electron chi connectivity index (χ1n) is 6.27. The van der Waals surface area contributed by atoms with Gasteiger partial charge in [0, 0.05) is 18.3 Å². The largest absolute Gasteiger partial charge is 0.497 e. The highest BCUT2D eigenvalue weighted by Gasteiger charge is 2.08. The van der Waals surface area contributed by atoms with Crippen LogP contribution in [0.15, 0.2) is 42.7 Å². The number of carbonyl (C=O) groups is 1. The van der Waals surface area contributed by atoms with Crippen LogP contribution in [0.2, 0.25) is 0 Å². The molecule has 1 aromatic carbocycles. The van der Waals surface area contributed by atoms with Crippen LogP contribution >= 0.6 is 0 Å². The van der Waals surface area contributed by atoms with E-state index in [2.05, 4.69) is 10.3 Å². The number of hydrogen-bond donors (Lipinski definition) is 1. The number of rotatable bonds is 6. The molecule has 0 spiro atoms. The number of nitrogens with one attached hydrogen (secondary N) is 1. The molecular weight excluding hydrogens is 272 g/mol. The maximum atomic E-state index is 11.9. The van der Waals surface area contributed by atoms with Crippen molar-refractivity contribution in [3.8, 4) is 17.2 Å². The van der Waals surface area contributed by atoms with Gasteiger partial charge in [0.25, 0.3) is 5.91 Å². The summed E-state index contributed by atoms with van der Waals surface area (Å²) in [5.41, 5.74) is 0.499. The molecule has 0 saturated heterocycles. The molecule has 6 nitrogen and oxygen atoms in total. The molecule has 0 saturated carbocycles. The van der Waals surface area contributed by atoms with E-state index in [1.807, 2.05) is 0 Å². The third kappa shape index (κ3) is 4.10. The number of aromatic nitrogens is 1. The fraction of sp³-hybridized carbons (Fsp3) is 0.200. The van der Waals surface area contributed by atoms with Gasteiger partial charge in [-0.3, -0.25) is 9.78 Å². The van der Waals surface area contributed by atoms with Crippen LogP contribution in [0.5, 0.6) is 17.2 Å². The summed E-state index contributed by atoms with van der Waals surface area (Å²) in [4.78, 5) is 15.8. The Balaban J connectivity index is 1.92. The number of anilines is 1. The normalized spacial score (nSPS) is 9.81. The minimum absolute atomic E-state index is 0.120. The van der Waals surface area contributed by atoms with Gasteiger partial charge in [-0.25, -0.2) is 0 Å². The topological polar surface area (TPSA) is 69.7 Å². The van der Waals surface area contributed by atoms with E-state index in [9.17, 15) is 4.79 Å². The third-order valence-corrected chi connectivity index (χ3v) is 2.69. The van der Waals surface area contributed by atoms with Crippen molar-refractivity contribution in [1.29, 1.82) is 0 Å². The lowest BCUT2D eigenvalue weighted by Crippen LogP contribution is -2.20. The van der Waals surface area contributed by atoms with E-state index >= 15 is 0 Å². The number of carbonyl (C=O) groups excluding carboxylic acids is 1. The zero-order chi connectivity index (χ0) is 15.1. The summed E-state index contributed by atoms with van der Waals surface area (Å²) in [5, 5.41) is 2.68. The maximum absolute atomic E-state index is 11.9. The Kier molecular flexibility index (Phi) is 4.98. The fourth-order valence-corrected chi connectivity index (χ4v) is 1.68. The molecular formula is C15H16N2O4. The van der Waals surface area contributed by atoms with E-state index in [4.69, 9.17) is 14.2 Å². The van der Waals surface area contributed by atoms with Crippen molar-refractivity contribution in [3.63, 3.8) is 0 Å². The second kappa shape index (κ2) is 7.14. The first-order valence-corrected chi connectivity index (χ1v) is 6.27. The highest BCUT2D eigenvalue weighted by atomic mass is 16.5. The van der Waals surface area contributed by atoms with Crippen molar-refractivity contribution in [2.75, 3.05) is 26.1 Å². The van der Waals surface area contributed by atoms with Crippen molar-refractivity contribution in [2.24, 2.45) is 0 Å². The summed E-state index contributed by atoms with van der Waals surface area (Å²) >= 11 is 0. The van der Waals surface area contributed by atoms with E-state index in [0.29, 0.717) is 22.9 Å². The molecule has 0 radical (unpaired) electrons. The van der Waals surface area contributed by atoms with E-state index in [1.165, 1.54) is 13.3 Å². The molecule has 1 amide bonds. The SMILES string of the molecule is COc1cccc(OCC(=O)Nc2cnccc2OC)c1. The van der Waals surface area contributed by atoms with Crippen molar-refractivity contribution < 1.29 is 19.0 Å². The zero-order valence-corrected chi connectivity index (χ0v) is 11.8. The van der Waals surface area contributed by atoms with Crippen LogP contribution in [0.3, 0.4) is 0 Å². The minimum atomic E-state index is -0.302. The standard InChI is InChI=1S/C15H16N2O4/c1-19-11-4-3-5-12(8-11)21-10-15(18)17-13-9-16-7-6-14(13)20-2/h3-9H,10H2,1-2H3,(H,17,18). The molecule has 2 aromatic rings. The summed E-state index contributed by atoms with van der Waals surface area (Å²) in [6, 6.07) is 8.71. The molecule has 110 valence electrons. The average molecular weight is 288 g/mol. The molecule has 0 bridgehead atoms. The van der Waals surface area contributed by atoms with Crippen LogP contribution in [0, 0.1) is 0 Å². The van der Waals surface area contributed by atoms with E-state index < -0.39 is 0 Å². The third-order valence-electron chi connectivity index (χ3n) is 2.69. The van der Waals surface area contributed by atoms with E-state index in [-0.39, 0.29) is 12.5 Å². The average Bonchev–Trinajstić information content (AvgIpc) is 2.53. The quantitative estimate of drug-likeness (QED) is 0.881. The Morgan fingerprint density at radius 3 is 2.76 bits per heavy atom. The number of amides is 1. The second-order valence-corrected chi connectivity index (χ2v) is 4.09. The lowest BCUT2D eigenvalue weighted by molar-refractivity contribution is -0.118. The summed E-state index contributed by atoms with van der Waals surface area (Å²) in [5.74, 6) is 1.47. The second-order valence-electron chi connectivity index (χ2n) is 4.09. The van der Waals surface area contributed by atoms with Crippen molar-refractivity contribution in [3.05, 3.63) is 42.7 Å². The number of ether oxygens (including phenoxy) is 3. The predicted molar refractivity (Wildman–Crippen MR) is 77.9 cm³/mol. The van der Waals surface area contributed by atoms with Gasteiger partial charge in [-0.15, -0.1) is 0 Å². The summed E-state index contributed by atoms with van der Waals surface area (Å²) in [6.45, 7) is -0.120. The summed E-state index contributed by atoms with van der Waals surface area (Å²) in [6.07, 6.45) is 3.10. The van der Waals surface area contributed by atoms with Crippen LogP contribution in [0.4, 0.5) is 5.69 Å². The molecule has 1 heterocycles. The van der Waals surface area contributed by atoms with Gasteiger partial charge in [0.2, 0.25) is 0 Å².